The van der Waals surface area contributed by atoms with E-state index in [9.17, 15) is 4.79 Å². The summed E-state index contributed by atoms with van der Waals surface area (Å²) in [4.78, 5) is 13.6. The van der Waals surface area contributed by atoms with E-state index in [1.54, 1.807) is 4.90 Å². The van der Waals surface area contributed by atoms with Gasteiger partial charge in [-0.15, -0.1) is 12.4 Å². The fourth-order valence-electron chi connectivity index (χ4n) is 1.41. The molecule has 0 heterocycles. The van der Waals surface area contributed by atoms with Crippen LogP contribution in [0.1, 0.15) is 33.6 Å². The van der Waals surface area contributed by atoms with E-state index in [1.807, 2.05) is 20.8 Å². The SMILES string of the molecule is CCCC(N)C(=O)N(CC)CCOCC.Cl. The quantitative estimate of drug-likeness (QED) is 0.665. The molecule has 0 aliphatic carbocycles. The van der Waals surface area contributed by atoms with Gasteiger partial charge in [0.25, 0.3) is 0 Å². The van der Waals surface area contributed by atoms with E-state index in [0.717, 1.165) is 12.8 Å². The Labute approximate surface area is 105 Å². The van der Waals surface area contributed by atoms with Crippen LogP contribution in [0.4, 0.5) is 0 Å². The predicted octanol–water partition coefficient (Wildman–Crippen LogP) is 1.42. The molecule has 0 aromatic rings. The van der Waals surface area contributed by atoms with Crippen LogP contribution >= 0.6 is 12.4 Å². The maximum atomic E-state index is 11.8. The predicted molar refractivity (Wildman–Crippen MR) is 68.9 cm³/mol. The van der Waals surface area contributed by atoms with Crippen LogP contribution in [0.15, 0.2) is 0 Å². The number of likely N-dealkylation sites (N-methyl/N-ethyl adjacent to an activating group) is 1. The van der Waals surface area contributed by atoms with Gasteiger partial charge in [0, 0.05) is 19.7 Å². The van der Waals surface area contributed by atoms with Crippen LogP contribution in [0.3, 0.4) is 0 Å². The zero-order valence-corrected chi connectivity index (χ0v) is 11.4. The van der Waals surface area contributed by atoms with Gasteiger partial charge in [0.05, 0.1) is 12.6 Å². The Morgan fingerprint density at radius 1 is 1.38 bits per heavy atom. The van der Waals surface area contributed by atoms with Crippen molar-refractivity contribution in [1.82, 2.24) is 4.90 Å². The van der Waals surface area contributed by atoms with Crippen molar-refractivity contribution in [3.63, 3.8) is 0 Å². The second kappa shape index (κ2) is 11.2. The lowest BCUT2D eigenvalue weighted by Gasteiger charge is -2.24. The molecule has 0 aliphatic heterocycles. The molecule has 1 atom stereocenters. The van der Waals surface area contributed by atoms with Crippen LogP contribution in [-0.4, -0.2) is 43.2 Å². The number of amides is 1. The maximum Gasteiger partial charge on any atom is 0.239 e. The van der Waals surface area contributed by atoms with Crippen LogP contribution in [-0.2, 0) is 9.53 Å². The molecule has 1 unspecified atom stereocenters. The Morgan fingerprint density at radius 3 is 2.44 bits per heavy atom. The standard InChI is InChI=1S/C11H24N2O2.ClH/c1-4-7-10(12)11(14)13(5-2)8-9-15-6-3;/h10H,4-9,12H2,1-3H3;1H. The van der Waals surface area contributed by atoms with Gasteiger partial charge in [-0.25, -0.2) is 0 Å². The number of carbonyl (C=O) groups excluding carboxylic acids is 1. The molecule has 0 radical (unpaired) electrons. The molecule has 4 nitrogen and oxygen atoms in total. The molecule has 0 aromatic carbocycles. The third-order valence-corrected chi connectivity index (χ3v) is 2.32. The van der Waals surface area contributed by atoms with Gasteiger partial charge in [0.15, 0.2) is 0 Å². The third kappa shape index (κ3) is 7.04. The minimum atomic E-state index is -0.350. The number of carbonyl (C=O) groups is 1. The van der Waals surface area contributed by atoms with Crippen molar-refractivity contribution in [3.8, 4) is 0 Å². The molecule has 0 spiro atoms. The molecule has 0 aliphatic rings. The molecule has 0 rings (SSSR count). The van der Waals surface area contributed by atoms with E-state index in [4.69, 9.17) is 10.5 Å². The molecule has 16 heavy (non-hydrogen) atoms. The van der Waals surface area contributed by atoms with Gasteiger partial charge in [-0.2, -0.15) is 0 Å². The van der Waals surface area contributed by atoms with Gasteiger partial charge in [-0.05, 0) is 20.3 Å². The van der Waals surface area contributed by atoms with Crippen LogP contribution < -0.4 is 5.73 Å². The average molecular weight is 253 g/mol. The van der Waals surface area contributed by atoms with Crippen molar-refractivity contribution in [1.29, 1.82) is 0 Å². The summed E-state index contributed by atoms with van der Waals surface area (Å²) < 4.78 is 5.22. The topological polar surface area (TPSA) is 55.6 Å². The van der Waals surface area contributed by atoms with Crippen molar-refractivity contribution in [3.05, 3.63) is 0 Å². The van der Waals surface area contributed by atoms with Crippen molar-refractivity contribution in [2.75, 3.05) is 26.3 Å². The van der Waals surface area contributed by atoms with E-state index in [2.05, 4.69) is 0 Å². The number of ether oxygens (including phenoxy) is 1. The summed E-state index contributed by atoms with van der Waals surface area (Å²) in [7, 11) is 0. The second-order valence-corrected chi connectivity index (χ2v) is 3.51. The lowest BCUT2D eigenvalue weighted by Crippen LogP contribution is -2.44. The van der Waals surface area contributed by atoms with E-state index in [-0.39, 0.29) is 24.4 Å². The maximum absolute atomic E-state index is 11.8. The molecule has 0 saturated heterocycles. The number of hydrogen-bond donors (Lipinski definition) is 1. The summed E-state index contributed by atoms with van der Waals surface area (Å²) in [5.74, 6) is 0.0408. The number of nitrogens with two attached hydrogens (primary N) is 1. The second-order valence-electron chi connectivity index (χ2n) is 3.51. The normalized spacial score (nSPS) is 11.8. The minimum absolute atomic E-state index is 0. The van der Waals surface area contributed by atoms with Gasteiger partial charge in [0.2, 0.25) is 5.91 Å². The molecule has 1 amide bonds. The van der Waals surface area contributed by atoms with Gasteiger partial charge in [-0.1, -0.05) is 13.3 Å². The summed E-state index contributed by atoms with van der Waals surface area (Å²) in [5.41, 5.74) is 5.78. The summed E-state index contributed by atoms with van der Waals surface area (Å²) in [6, 6.07) is -0.350. The van der Waals surface area contributed by atoms with Gasteiger partial charge in [-0.3, -0.25) is 4.79 Å². The van der Waals surface area contributed by atoms with Gasteiger partial charge < -0.3 is 15.4 Å². The van der Waals surface area contributed by atoms with Crippen LogP contribution in [0.2, 0.25) is 0 Å². The Bertz CT molecular complexity index is 179. The molecule has 5 heteroatoms. The fourth-order valence-corrected chi connectivity index (χ4v) is 1.41. The van der Waals surface area contributed by atoms with Crippen molar-refractivity contribution in [2.45, 2.75) is 39.7 Å². The zero-order valence-electron chi connectivity index (χ0n) is 10.6. The minimum Gasteiger partial charge on any atom is -0.380 e. The summed E-state index contributed by atoms with van der Waals surface area (Å²) >= 11 is 0. The fraction of sp³-hybridized carbons (Fsp3) is 0.909. The zero-order chi connectivity index (χ0) is 11.7. The highest BCUT2D eigenvalue weighted by molar-refractivity contribution is 5.85. The first-order valence-electron chi connectivity index (χ1n) is 5.79. The van der Waals surface area contributed by atoms with Crippen molar-refractivity contribution in [2.24, 2.45) is 5.73 Å². The molecular weight excluding hydrogens is 228 g/mol. The molecule has 0 fully saturated rings. The van der Waals surface area contributed by atoms with Crippen molar-refractivity contribution >= 4 is 18.3 Å². The van der Waals surface area contributed by atoms with E-state index >= 15 is 0 Å². The van der Waals surface area contributed by atoms with Gasteiger partial charge in [0.1, 0.15) is 0 Å². The lowest BCUT2D eigenvalue weighted by atomic mass is 10.1. The van der Waals surface area contributed by atoms with Crippen LogP contribution in [0.5, 0.6) is 0 Å². The highest BCUT2D eigenvalue weighted by atomic mass is 35.5. The average Bonchev–Trinajstić information content (AvgIpc) is 2.24. The first-order chi connectivity index (χ1) is 7.17. The Hall–Kier alpha value is -0.320. The molecule has 0 aromatic heterocycles. The molecule has 0 bridgehead atoms. The van der Waals surface area contributed by atoms with Crippen molar-refractivity contribution < 1.29 is 9.53 Å². The largest absolute Gasteiger partial charge is 0.380 e. The summed E-state index contributed by atoms with van der Waals surface area (Å²) in [6.45, 7) is 8.55. The highest BCUT2D eigenvalue weighted by Gasteiger charge is 2.18. The Kier molecular flexibility index (Phi) is 12.6. The summed E-state index contributed by atoms with van der Waals surface area (Å²) in [5, 5.41) is 0. The highest BCUT2D eigenvalue weighted by Crippen LogP contribution is 2.00. The van der Waals surface area contributed by atoms with Gasteiger partial charge >= 0.3 is 0 Å². The van der Waals surface area contributed by atoms with Crippen LogP contribution in [0.25, 0.3) is 0 Å². The van der Waals surface area contributed by atoms with E-state index in [1.165, 1.54) is 0 Å². The molecule has 0 saturated carbocycles. The third-order valence-electron chi connectivity index (χ3n) is 2.32. The first-order valence-corrected chi connectivity index (χ1v) is 5.79. The first kappa shape index (κ1) is 18.1. The number of rotatable bonds is 8. The number of hydrogen-bond acceptors (Lipinski definition) is 3. The molecular formula is C11H25ClN2O2. The van der Waals surface area contributed by atoms with E-state index in [0.29, 0.717) is 26.3 Å². The molecule has 2 N–H and O–H groups in total. The lowest BCUT2D eigenvalue weighted by molar-refractivity contribution is -0.133. The summed E-state index contributed by atoms with van der Waals surface area (Å²) in [6.07, 6.45) is 1.69. The molecule has 98 valence electrons. The smallest absolute Gasteiger partial charge is 0.239 e. The number of nitrogens with zero attached hydrogens (tertiary/aromatic N) is 1. The Balaban J connectivity index is 0. The monoisotopic (exact) mass is 252 g/mol. The Morgan fingerprint density at radius 2 is 2.00 bits per heavy atom. The van der Waals surface area contributed by atoms with E-state index < -0.39 is 0 Å². The van der Waals surface area contributed by atoms with Crippen LogP contribution in [0, 0.1) is 0 Å². The number of halogens is 1.